The van der Waals surface area contributed by atoms with E-state index in [4.69, 9.17) is 4.74 Å². The number of nitrogens with zero attached hydrogens (tertiary/aromatic N) is 1. The lowest BCUT2D eigenvalue weighted by Gasteiger charge is -2.25. The van der Waals surface area contributed by atoms with Gasteiger partial charge in [0.15, 0.2) is 18.9 Å². The van der Waals surface area contributed by atoms with Gasteiger partial charge in [-0.2, -0.15) is 0 Å². The molecule has 1 fully saturated rings. The summed E-state index contributed by atoms with van der Waals surface area (Å²) in [5, 5.41) is 0. The van der Waals surface area contributed by atoms with E-state index in [0.717, 1.165) is 31.6 Å². The number of hydrogen-bond acceptors (Lipinski definition) is 2. The molecule has 94 valence electrons. The third-order valence-corrected chi connectivity index (χ3v) is 4.35. The normalized spacial score (nSPS) is 19.2. The van der Waals surface area contributed by atoms with Gasteiger partial charge < -0.3 is 4.74 Å². The molecule has 1 aliphatic heterocycles. The van der Waals surface area contributed by atoms with Crippen molar-refractivity contribution in [3.8, 4) is 0 Å². The predicted octanol–water partition coefficient (Wildman–Crippen LogP) is 2.76. The third-order valence-electron chi connectivity index (χ3n) is 3.64. The monoisotopic (exact) mass is 252 g/mol. The smallest absolute Gasteiger partial charge is 0.182 e. The maximum absolute atomic E-state index is 5.43. The lowest BCUT2D eigenvalue weighted by atomic mass is 9.87. The minimum Gasteiger partial charge on any atom is -0.381 e. The van der Waals surface area contributed by atoms with Crippen molar-refractivity contribution in [3.05, 3.63) is 24.5 Å². The fourth-order valence-corrected chi connectivity index (χ4v) is 2.95. The zero-order chi connectivity index (χ0) is 12.1. The second kappa shape index (κ2) is 6.41. The molecule has 0 N–H and O–H groups in total. The molecule has 1 unspecified atom stereocenters. The van der Waals surface area contributed by atoms with Crippen LogP contribution in [-0.2, 0) is 11.3 Å². The molecule has 2 rings (SSSR count). The van der Waals surface area contributed by atoms with Crippen molar-refractivity contribution in [2.45, 2.75) is 31.2 Å². The first kappa shape index (κ1) is 12.9. The van der Waals surface area contributed by atoms with Crippen LogP contribution in [0.25, 0.3) is 0 Å². The Morgan fingerprint density at radius 1 is 1.47 bits per heavy atom. The Balaban J connectivity index is 1.94. The molecule has 2 nitrogen and oxygen atoms in total. The molecular weight excluding hydrogens is 230 g/mol. The Labute approximate surface area is 108 Å². The van der Waals surface area contributed by atoms with Gasteiger partial charge in [0, 0.05) is 25.2 Å². The molecule has 0 bridgehead atoms. The van der Waals surface area contributed by atoms with Crippen molar-refractivity contribution in [2.24, 2.45) is 11.8 Å². The highest BCUT2D eigenvalue weighted by molar-refractivity contribution is 7.98. The molecule has 1 saturated heterocycles. The molecule has 1 aromatic rings. The highest BCUT2D eigenvalue weighted by Gasteiger charge is 2.23. The quantitative estimate of drug-likeness (QED) is 0.604. The van der Waals surface area contributed by atoms with E-state index < -0.39 is 0 Å². The lowest BCUT2D eigenvalue weighted by molar-refractivity contribution is -0.705. The molecule has 1 aromatic heterocycles. The van der Waals surface area contributed by atoms with Gasteiger partial charge in [0.25, 0.3) is 0 Å². The predicted molar refractivity (Wildman–Crippen MR) is 71.1 cm³/mol. The standard InChI is InChI=1S/C14H22NOS/c1-12(13-5-8-16-9-6-13)10-15-7-3-4-14(11-15)17-2/h3-4,7,11-13H,5-6,8-10H2,1-2H3/q+1. The third kappa shape index (κ3) is 3.71. The largest absolute Gasteiger partial charge is 0.381 e. The summed E-state index contributed by atoms with van der Waals surface area (Å²) in [5.74, 6) is 1.56. The summed E-state index contributed by atoms with van der Waals surface area (Å²) in [5.41, 5.74) is 0. The van der Waals surface area contributed by atoms with Gasteiger partial charge in [-0.1, -0.05) is 6.92 Å². The van der Waals surface area contributed by atoms with E-state index >= 15 is 0 Å². The summed E-state index contributed by atoms with van der Waals surface area (Å²) in [6.07, 6.45) is 9.01. The van der Waals surface area contributed by atoms with Crippen LogP contribution in [0.1, 0.15) is 19.8 Å². The maximum atomic E-state index is 5.43. The van der Waals surface area contributed by atoms with Crippen molar-refractivity contribution < 1.29 is 9.30 Å². The van der Waals surface area contributed by atoms with E-state index in [1.54, 1.807) is 11.8 Å². The molecule has 0 radical (unpaired) electrons. The molecule has 0 saturated carbocycles. The Morgan fingerprint density at radius 3 is 2.94 bits per heavy atom. The summed E-state index contributed by atoms with van der Waals surface area (Å²) < 4.78 is 7.75. The van der Waals surface area contributed by atoms with Crippen molar-refractivity contribution in [1.82, 2.24) is 0 Å². The van der Waals surface area contributed by atoms with E-state index in [2.05, 4.69) is 42.3 Å². The molecule has 0 spiro atoms. The molecule has 0 aliphatic carbocycles. The molecule has 3 heteroatoms. The summed E-state index contributed by atoms with van der Waals surface area (Å²) in [6, 6.07) is 4.31. The van der Waals surface area contributed by atoms with E-state index in [1.807, 2.05) is 0 Å². The van der Waals surface area contributed by atoms with Gasteiger partial charge in [-0.15, -0.1) is 11.8 Å². The second-order valence-corrected chi connectivity index (χ2v) is 5.75. The van der Waals surface area contributed by atoms with Gasteiger partial charge in [0.2, 0.25) is 0 Å². The summed E-state index contributed by atoms with van der Waals surface area (Å²) in [6.45, 7) is 5.39. The minimum absolute atomic E-state index is 0.737. The van der Waals surface area contributed by atoms with Crippen LogP contribution in [0.5, 0.6) is 0 Å². The molecule has 0 aromatic carbocycles. The van der Waals surface area contributed by atoms with Gasteiger partial charge in [-0.05, 0) is 31.1 Å². The molecule has 17 heavy (non-hydrogen) atoms. The first-order valence-corrected chi connectivity index (χ1v) is 7.63. The summed E-state index contributed by atoms with van der Waals surface area (Å²) in [7, 11) is 0. The van der Waals surface area contributed by atoms with Gasteiger partial charge in [-0.3, -0.25) is 0 Å². The summed E-state index contributed by atoms with van der Waals surface area (Å²) >= 11 is 1.80. The lowest BCUT2D eigenvalue weighted by Crippen LogP contribution is -2.39. The zero-order valence-corrected chi connectivity index (χ0v) is 11.6. The first-order valence-electron chi connectivity index (χ1n) is 6.40. The van der Waals surface area contributed by atoms with E-state index in [-0.39, 0.29) is 0 Å². The fraction of sp³-hybridized carbons (Fsp3) is 0.643. The van der Waals surface area contributed by atoms with Gasteiger partial charge in [0.05, 0.1) is 4.90 Å². The fourth-order valence-electron chi connectivity index (χ4n) is 2.50. The Kier molecular flexibility index (Phi) is 4.86. The maximum Gasteiger partial charge on any atom is 0.182 e. The van der Waals surface area contributed by atoms with Gasteiger partial charge >= 0.3 is 0 Å². The molecule has 1 aliphatic rings. The van der Waals surface area contributed by atoms with Crippen molar-refractivity contribution in [3.63, 3.8) is 0 Å². The number of thioether (sulfide) groups is 1. The second-order valence-electron chi connectivity index (χ2n) is 4.87. The SMILES string of the molecule is CSc1ccc[n+](CC(C)C2CCOCC2)c1. The number of aromatic nitrogens is 1. The molecule has 2 heterocycles. The van der Waals surface area contributed by atoms with Crippen LogP contribution in [0.3, 0.4) is 0 Å². The molecule has 0 amide bonds. The summed E-state index contributed by atoms with van der Waals surface area (Å²) in [4.78, 5) is 1.34. The van der Waals surface area contributed by atoms with Crippen molar-refractivity contribution in [1.29, 1.82) is 0 Å². The van der Waals surface area contributed by atoms with Gasteiger partial charge in [-0.25, -0.2) is 4.57 Å². The highest BCUT2D eigenvalue weighted by atomic mass is 32.2. The average molecular weight is 252 g/mol. The molecule has 1 atom stereocenters. The van der Waals surface area contributed by atoms with E-state index in [9.17, 15) is 0 Å². The highest BCUT2D eigenvalue weighted by Crippen LogP contribution is 2.23. The number of rotatable bonds is 4. The van der Waals surface area contributed by atoms with Crippen LogP contribution in [0, 0.1) is 11.8 Å². The van der Waals surface area contributed by atoms with Crippen molar-refractivity contribution >= 4 is 11.8 Å². The number of hydrogen-bond donors (Lipinski definition) is 0. The van der Waals surface area contributed by atoms with Crippen LogP contribution < -0.4 is 4.57 Å². The Bertz CT molecular complexity index is 350. The van der Waals surface area contributed by atoms with Crippen molar-refractivity contribution in [2.75, 3.05) is 19.5 Å². The van der Waals surface area contributed by atoms with E-state index in [1.165, 1.54) is 17.7 Å². The van der Waals surface area contributed by atoms with E-state index in [0.29, 0.717) is 0 Å². The Hall–Kier alpha value is -0.540. The number of ether oxygens (including phenoxy) is 1. The molecular formula is C14H22NOS+. The van der Waals surface area contributed by atoms with Crippen LogP contribution in [0.4, 0.5) is 0 Å². The van der Waals surface area contributed by atoms with Crippen LogP contribution in [0.15, 0.2) is 29.4 Å². The topological polar surface area (TPSA) is 13.1 Å². The van der Waals surface area contributed by atoms with Gasteiger partial charge in [0.1, 0.15) is 0 Å². The van der Waals surface area contributed by atoms with Crippen LogP contribution >= 0.6 is 11.8 Å². The number of pyridine rings is 1. The average Bonchev–Trinajstić information content (AvgIpc) is 2.40. The minimum atomic E-state index is 0.737. The van der Waals surface area contributed by atoms with Crippen LogP contribution in [-0.4, -0.2) is 19.5 Å². The van der Waals surface area contributed by atoms with Crippen LogP contribution in [0.2, 0.25) is 0 Å². The first-order chi connectivity index (χ1) is 8.29. The Morgan fingerprint density at radius 2 is 2.24 bits per heavy atom. The zero-order valence-electron chi connectivity index (χ0n) is 10.8.